The first-order valence-electron chi connectivity index (χ1n) is 11.8. The summed E-state index contributed by atoms with van der Waals surface area (Å²) < 4.78 is 10.4. The summed E-state index contributed by atoms with van der Waals surface area (Å²) in [7, 11) is 0. The Morgan fingerprint density at radius 1 is 0.943 bits per heavy atom. The van der Waals surface area contributed by atoms with Crippen LogP contribution >= 0.6 is 11.5 Å². The first-order valence-corrected chi connectivity index (χ1v) is 12.6. The SMILES string of the molecule is Cc1ccc(Cc2nsc(Oc3cccc(C(=O)N4CCN(c5ccccc5C)CC4)c3)n2)cc1. The van der Waals surface area contributed by atoms with Crippen molar-refractivity contribution in [3.8, 4) is 10.9 Å². The van der Waals surface area contributed by atoms with Crippen LogP contribution in [0.25, 0.3) is 0 Å². The van der Waals surface area contributed by atoms with Gasteiger partial charge in [0.05, 0.1) is 0 Å². The van der Waals surface area contributed by atoms with Gasteiger partial charge in [0.2, 0.25) is 0 Å². The van der Waals surface area contributed by atoms with Gasteiger partial charge in [-0.15, -0.1) is 0 Å². The van der Waals surface area contributed by atoms with Crippen molar-refractivity contribution in [2.75, 3.05) is 31.1 Å². The molecule has 178 valence electrons. The van der Waals surface area contributed by atoms with Crippen molar-refractivity contribution < 1.29 is 9.53 Å². The van der Waals surface area contributed by atoms with Gasteiger partial charge in [-0.1, -0.05) is 54.1 Å². The average molecular weight is 485 g/mol. The second kappa shape index (κ2) is 10.3. The Morgan fingerprint density at radius 2 is 1.71 bits per heavy atom. The smallest absolute Gasteiger partial charge is 0.298 e. The van der Waals surface area contributed by atoms with E-state index in [2.05, 4.69) is 76.6 Å². The normalized spacial score (nSPS) is 13.7. The topological polar surface area (TPSA) is 58.6 Å². The monoisotopic (exact) mass is 484 g/mol. The largest absolute Gasteiger partial charge is 0.430 e. The molecule has 0 radical (unpaired) electrons. The molecule has 35 heavy (non-hydrogen) atoms. The van der Waals surface area contributed by atoms with Crippen LogP contribution in [0.4, 0.5) is 5.69 Å². The van der Waals surface area contributed by atoms with E-state index in [4.69, 9.17) is 4.74 Å². The number of piperazine rings is 1. The van der Waals surface area contributed by atoms with Gasteiger partial charge < -0.3 is 14.5 Å². The van der Waals surface area contributed by atoms with E-state index < -0.39 is 0 Å². The Balaban J connectivity index is 1.20. The van der Waals surface area contributed by atoms with E-state index >= 15 is 0 Å². The molecule has 3 aromatic carbocycles. The Morgan fingerprint density at radius 3 is 2.49 bits per heavy atom. The number of para-hydroxylation sites is 1. The quantitative estimate of drug-likeness (QED) is 0.362. The summed E-state index contributed by atoms with van der Waals surface area (Å²) in [6.07, 6.45) is 0.660. The van der Waals surface area contributed by atoms with Crippen molar-refractivity contribution in [3.05, 3.63) is 101 Å². The minimum Gasteiger partial charge on any atom is -0.430 e. The number of nitrogens with zero attached hydrogens (tertiary/aromatic N) is 4. The first kappa shape index (κ1) is 23.1. The van der Waals surface area contributed by atoms with Crippen LogP contribution < -0.4 is 9.64 Å². The number of benzene rings is 3. The Hall–Kier alpha value is -3.71. The predicted octanol–water partition coefficient (Wildman–Crippen LogP) is 5.50. The van der Waals surface area contributed by atoms with Crippen LogP contribution in [0.3, 0.4) is 0 Å². The first-order chi connectivity index (χ1) is 17.0. The standard InChI is InChI=1S/C28H28N4O2S/c1-20-10-12-22(13-11-20)18-26-29-28(35-30-26)34-24-8-5-7-23(19-24)27(33)32-16-14-31(15-17-32)25-9-4-3-6-21(25)2/h3-13,19H,14-18H2,1-2H3. The molecule has 6 nitrogen and oxygen atoms in total. The molecule has 1 aliphatic heterocycles. The number of carbonyl (C=O) groups excluding carboxylic acids is 1. The maximum atomic E-state index is 13.2. The lowest BCUT2D eigenvalue weighted by Crippen LogP contribution is -2.49. The molecule has 4 aromatic rings. The molecule has 1 aliphatic rings. The molecule has 5 rings (SSSR count). The van der Waals surface area contributed by atoms with E-state index in [1.165, 1.54) is 28.3 Å². The molecular weight excluding hydrogens is 456 g/mol. The van der Waals surface area contributed by atoms with E-state index in [0.29, 0.717) is 36.0 Å². The molecule has 0 unspecified atom stereocenters. The maximum Gasteiger partial charge on any atom is 0.298 e. The molecule has 0 bridgehead atoms. The number of aromatic nitrogens is 2. The zero-order chi connectivity index (χ0) is 24.2. The second-order valence-corrected chi connectivity index (χ2v) is 9.55. The zero-order valence-electron chi connectivity index (χ0n) is 20.0. The summed E-state index contributed by atoms with van der Waals surface area (Å²) in [5, 5.41) is 0.476. The third kappa shape index (κ3) is 5.52. The molecule has 1 fully saturated rings. The second-order valence-electron chi connectivity index (χ2n) is 8.83. The van der Waals surface area contributed by atoms with Crippen molar-refractivity contribution in [2.24, 2.45) is 0 Å². The summed E-state index contributed by atoms with van der Waals surface area (Å²) in [5.74, 6) is 1.34. The molecule has 2 heterocycles. The van der Waals surface area contributed by atoms with Gasteiger partial charge in [-0.25, -0.2) is 0 Å². The molecule has 0 saturated carbocycles. The highest BCUT2D eigenvalue weighted by Crippen LogP contribution is 2.26. The highest BCUT2D eigenvalue weighted by molar-refractivity contribution is 7.07. The van der Waals surface area contributed by atoms with Crippen molar-refractivity contribution in [2.45, 2.75) is 20.3 Å². The van der Waals surface area contributed by atoms with Crippen LogP contribution in [0.5, 0.6) is 10.9 Å². The van der Waals surface area contributed by atoms with Gasteiger partial charge in [0.15, 0.2) is 5.82 Å². The fourth-order valence-electron chi connectivity index (χ4n) is 4.28. The number of rotatable bonds is 6. The van der Waals surface area contributed by atoms with Crippen molar-refractivity contribution in [3.63, 3.8) is 0 Å². The summed E-state index contributed by atoms with van der Waals surface area (Å²) >= 11 is 1.22. The van der Waals surface area contributed by atoms with Gasteiger partial charge in [0.25, 0.3) is 11.1 Å². The Kier molecular flexibility index (Phi) is 6.77. The van der Waals surface area contributed by atoms with Crippen molar-refractivity contribution in [1.29, 1.82) is 0 Å². The molecule has 7 heteroatoms. The van der Waals surface area contributed by atoms with Crippen molar-refractivity contribution >= 4 is 23.1 Å². The Bertz CT molecular complexity index is 1310. The van der Waals surface area contributed by atoms with Gasteiger partial charge in [-0.3, -0.25) is 4.79 Å². The fraction of sp³-hybridized carbons (Fsp3) is 0.250. The summed E-state index contributed by atoms with van der Waals surface area (Å²) in [6, 6.07) is 24.1. The lowest BCUT2D eigenvalue weighted by molar-refractivity contribution is 0.0746. The minimum absolute atomic E-state index is 0.0252. The Labute approximate surface area is 210 Å². The summed E-state index contributed by atoms with van der Waals surface area (Å²) in [5.41, 5.74) is 5.52. The molecule has 1 aromatic heterocycles. The van der Waals surface area contributed by atoms with Crippen molar-refractivity contribution in [1.82, 2.24) is 14.3 Å². The molecule has 1 amide bonds. The number of hydrogen-bond acceptors (Lipinski definition) is 6. The number of hydrogen-bond donors (Lipinski definition) is 0. The van der Waals surface area contributed by atoms with Crippen LogP contribution in [0.1, 0.15) is 32.9 Å². The van der Waals surface area contributed by atoms with Crippen LogP contribution in [0.2, 0.25) is 0 Å². The van der Waals surface area contributed by atoms with Crippen LogP contribution in [-0.4, -0.2) is 46.3 Å². The lowest BCUT2D eigenvalue weighted by Gasteiger charge is -2.36. The number of carbonyl (C=O) groups is 1. The number of amides is 1. The highest BCUT2D eigenvalue weighted by Gasteiger charge is 2.23. The molecular formula is C28H28N4O2S. The van der Waals surface area contributed by atoms with Crippen LogP contribution in [-0.2, 0) is 6.42 Å². The fourth-order valence-corrected chi connectivity index (χ4v) is 4.85. The minimum atomic E-state index is 0.0252. The van der Waals surface area contributed by atoms with E-state index in [1.54, 1.807) is 6.07 Å². The van der Waals surface area contributed by atoms with Crippen LogP contribution in [0, 0.1) is 13.8 Å². The molecule has 1 saturated heterocycles. The van der Waals surface area contributed by atoms with E-state index in [1.807, 2.05) is 23.1 Å². The lowest BCUT2D eigenvalue weighted by atomic mass is 10.1. The van der Waals surface area contributed by atoms with Gasteiger partial charge in [0, 0.05) is 55.4 Å². The molecule has 0 aliphatic carbocycles. The predicted molar refractivity (Wildman–Crippen MR) is 140 cm³/mol. The summed E-state index contributed by atoms with van der Waals surface area (Å²) in [4.78, 5) is 22.0. The van der Waals surface area contributed by atoms with Crippen LogP contribution in [0.15, 0.2) is 72.8 Å². The number of aryl methyl sites for hydroxylation is 2. The third-order valence-electron chi connectivity index (χ3n) is 6.24. The highest BCUT2D eigenvalue weighted by atomic mass is 32.1. The van der Waals surface area contributed by atoms with E-state index in [9.17, 15) is 4.79 Å². The number of anilines is 1. The molecule has 0 spiro atoms. The van der Waals surface area contributed by atoms with Gasteiger partial charge >= 0.3 is 0 Å². The van der Waals surface area contributed by atoms with E-state index in [0.717, 1.165) is 24.5 Å². The molecule has 0 atom stereocenters. The van der Waals surface area contributed by atoms with Gasteiger partial charge in [-0.2, -0.15) is 9.36 Å². The average Bonchev–Trinajstić information content (AvgIpc) is 3.32. The zero-order valence-corrected chi connectivity index (χ0v) is 20.8. The van der Waals surface area contributed by atoms with Gasteiger partial charge in [0.1, 0.15) is 5.75 Å². The third-order valence-corrected chi connectivity index (χ3v) is 6.87. The van der Waals surface area contributed by atoms with E-state index in [-0.39, 0.29) is 5.91 Å². The summed E-state index contributed by atoms with van der Waals surface area (Å²) in [6.45, 7) is 7.22. The van der Waals surface area contributed by atoms with Gasteiger partial charge in [-0.05, 0) is 49.2 Å². The molecule has 0 N–H and O–H groups in total. The number of ether oxygens (including phenoxy) is 1. The maximum absolute atomic E-state index is 13.2.